The largest absolute Gasteiger partial charge is 0.337 e. The van der Waals surface area contributed by atoms with Crippen LogP contribution in [0.4, 0.5) is 14.5 Å². The van der Waals surface area contributed by atoms with E-state index in [1.54, 1.807) is 42.5 Å². The van der Waals surface area contributed by atoms with Crippen molar-refractivity contribution in [2.75, 3.05) is 5.32 Å². The summed E-state index contributed by atoms with van der Waals surface area (Å²) < 4.78 is 54.6. The molecule has 1 N–H and O–H groups in total. The third kappa shape index (κ3) is 3.69. The summed E-state index contributed by atoms with van der Waals surface area (Å²) in [4.78, 5) is 12.7. The Hall–Kier alpha value is -3.52. The lowest BCUT2D eigenvalue weighted by atomic mass is 10.2. The molecule has 3 aromatic carbocycles. The third-order valence-corrected chi connectivity index (χ3v) is 6.41. The monoisotopic (exact) mass is 426 g/mol. The van der Waals surface area contributed by atoms with Crippen molar-refractivity contribution in [3.63, 3.8) is 0 Å². The summed E-state index contributed by atoms with van der Waals surface area (Å²) in [6, 6.07) is 17.6. The number of benzene rings is 3. The number of aromatic nitrogens is 1. The SMILES string of the molecule is O=C(Cn1cc(S(=O)(=O)c2ccccc2)c2ccccc21)Nc1ccc(F)cc1F. The topological polar surface area (TPSA) is 68.2 Å². The van der Waals surface area contributed by atoms with Gasteiger partial charge in [-0.15, -0.1) is 0 Å². The van der Waals surface area contributed by atoms with E-state index < -0.39 is 27.4 Å². The van der Waals surface area contributed by atoms with Gasteiger partial charge in [-0.25, -0.2) is 17.2 Å². The van der Waals surface area contributed by atoms with E-state index in [4.69, 9.17) is 0 Å². The zero-order chi connectivity index (χ0) is 21.3. The lowest BCUT2D eigenvalue weighted by Crippen LogP contribution is -2.19. The number of rotatable bonds is 5. The molecule has 0 saturated carbocycles. The molecular weight excluding hydrogens is 410 g/mol. The number of nitrogens with one attached hydrogen (secondary N) is 1. The van der Waals surface area contributed by atoms with Crippen LogP contribution in [0.1, 0.15) is 0 Å². The van der Waals surface area contributed by atoms with Crippen molar-refractivity contribution in [3.8, 4) is 0 Å². The fraction of sp³-hybridized carbons (Fsp3) is 0.0455. The maximum atomic E-state index is 13.8. The second kappa shape index (κ2) is 7.72. The van der Waals surface area contributed by atoms with Crippen LogP contribution >= 0.6 is 0 Å². The van der Waals surface area contributed by atoms with Crippen LogP contribution in [0.3, 0.4) is 0 Å². The second-order valence-electron chi connectivity index (χ2n) is 6.63. The molecule has 4 aromatic rings. The van der Waals surface area contributed by atoms with E-state index >= 15 is 0 Å². The third-order valence-electron chi connectivity index (χ3n) is 4.61. The molecule has 0 aliphatic heterocycles. The summed E-state index contributed by atoms with van der Waals surface area (Å²) >= 11 is 0. The number of fused-ring (bicyclic) bond motifs is 1. The van der Waals surface area contributed by atoms with Crippen LogP contribution < -0.4 is 5.32 Å². The molecule has 0 fully saturated rings. The van der Waals surface area contributed by atoms with Crippen LogP contribution in [-0.2, 0) is 21.2 Å². The summed E-state index contributed by atoms with van der Waals surface area (Å²) in [5.74, 6) is -2.23. The fourth-order valence-electron chi connectivity index (χ4n) is 3.22. The molecule has 0 unspecified atom stereocenters. The molecule has 0 aliphatic carbocycles. The second-order valence-corrected chi connectivity index (χ2v) is 8.55. The summed E-state index contributed by atoms with van der Waals surface area (Å²) in [5, 5.41) is 2.85. The van der Waals surface area contributed by atoms with Crippen molar-refractivity contribution in [1.82, 2.24) is 4.57 Å². The number of nitrogens with zero attached hydrogens (tertiary/aromatic N) is 1. The van der Waals surface area contributed by atoms with E-state index in [2.05, 4.69) is 5.32 Å². The van der Waals surface area contributed by atoms with Gasteiger partial charge in [-0.2, -0.15) is 0 Å². The molecule has 8 heteroatoms. The molecule has 0 aliphatic rings. The number of para-hydroxylation sites is 1. The lowest BCUT2D eigenvalue weighted by Gasteiger charge is -2.08. The van der Waals surface area contributed by atoms with Crippen LogP contribution in [0.25, 0.3) is 10.9 Å². The molecule has 0 radical (unpaired) electrons. The van der Waals surface area contributed by atoms with Crippen molar-refractivity contribution in [2.24, 2.45) is 0 Å². The Balaban J connectivity index is 1.70. The highest BCUT2D eigenvalue weighted by atomic mass is 32.2. The van der Waals surface area contributed by atoms with Gasteiger partial charge in [-0.3, -0.25) is 4.79 Å². The predicted molar refractivity (Wildman–Crippen MR) is 109 cm³/mol. The first-order chi connectivity index (χ1) is 14.4. The highest BCUT2D eigenvalue weighted by Gasteiger charge is 2.23. The van der Waals surface area contributed by atoms with Gasteiger partial charge in [0.1, 0.15) is 18.2 Å². The first-order valence-corrected chi connectivity index (χ1v) is 10.5. The molecule has 4 rings (SSSR count). The quantitative estimate of drug-likeness (QED) is 0.515. The van der Waals surface area contributed by atoms with E-state index in [0.29, 0.717) is 17.0 Å². The predicted octanol–water partition coefficient (Wildman–Crippen LogP) is 4.39. The zero-order valence-electron chi connectivity index (χ0n) is 15.5. The van der Waals surface area contributed by atoms with Gasteiger partial charge in [0.15, 0.2) is 0 Å². The van der Waals surface area contributed by atoms with Gasteiger partial charge in [-0.1, -0.05) is 36.4 Å². The van der Waals surface area contributed by atoms with Gasteiger partial charge in [-0.05, 0) is 30.3 Å². The minimum absolute atomic E-state index is 0.0741. The van der Waals surface area contributed by atoms with Crippen molar-refractivity contribution in [1.29, 1.82) is 0 Å². The standard InChI is InChI=1S/C22H16F2N2O3S/c23-15-10-11-19(18(24)12-15)25-22(27)14-26-13-21(17-8-4-5-9-20(17)26)30(28,29)16-6-2-1-3-7-16/h1-13H,14H2,(H,25,27). The average molecular weight is 426 g/mol. The number of hydrogen-bond donors (Lipinski definition) is 1. The zero-order valence-corrected chi connectivity index (χ0v) is 16.4. The Morgan fingerprint density at radius 3 is 2.37 bits per heavy atom. The molecule has 1 amide bonds. The number of halogens is 2. The summed E-state index contributed by atoms with van der Waals surface area (Å²) in [7, 11) is -3.81. The molecule has 0 saturated heterocycles. The van der Waals surface area contributed by atoms with Crippen LogP contribution in [0.2, 0.25) is 0 Å². The summed E-state index contributed by atoms with van der Waals surface area (Å²) in [6.45, 7) is -0.248. The number of carbonyl (C=O) groups is 1. The summed E-state index contributed by atoms with van der Waals surface area (Å²) in [5.41, 5.74) is 0.386. The van der Waals surface area contributed by atoms with Gasteiger partial charge in [0.05, 0.1) is 15.5 Å². The van der Waals surface area contributed by atoms with Gasteiger partial charge in [0, 0.05) is 23.2 Å². The maximum Gasteiger partial charge on any atom is 0.244 e. The Morgan fingerprint density at radius 1 is 0.933 bits per heavy atom. The molecule has 30 heavy (non-hydrogen) atoms. The highest BCUT2D eigenvalue weighted by Crippen LogP contribution is 2.30. The van der Waals surface area contributed by atoms with Gasteiger partial charge in [0.25, 0.3) is 0 Å². The number of sulfone groups is 1. The minimum Gasteiger partial charge on any atom is -0.337 e. The molecular formula is C22H16F2N2O3S. The maximum absolute atomic E-state index is 13.8. The van der Waals surface area contributed by atoms with E-state index in [0.717, 1.165) is 12.1 Å². The van der Waals surface area contributed by atoms with Crippen LogP contribution in [0.15, 0.2) is 88.8 Å². The Kier molecular flexibility index (Phi) is 5.09. The van der Waals surface area contributed by atoms with E-state index in [9.17, 15) is 22.0 Å². The molecule has 0 atom stereocenters. The number of carbonyl (C=O) groups excluding carboxylic acids is 1. The lowest BCUT2D eigenvalue weighted by molar-refractivity contribution is -0.116. The Labute approximate surface area is 171 Å². The van der Waals surface area contributed by atoms with Gasteiger partial charge < -0.3 is 9.88 Å². The van der Waals surface area contributed by atoms with Crippen molar-refractivity contribution in [3.05, 3.63) is 90.6 Å². The van der Waals surface area contributed by atoms with Crippen molar-refractivity contribution in [2.45, 2.75) is 16.3 Å². The molecule has 0 spiro atoms. The molecule has 152 valence electrons. The smallest absolute Gasteiger partial charge is 0.244 e. The number of hydrogen-bond acceptors (Lipinski definition) is 3. The first kappa shape index (κ1) is 19.8. The van der Waals surface area contributed by atoms with Crippen molar-refractivity contribution >= 4 is 32.3 Å². The first-order valence-electron chi connectivity index (χ1n) is 8.99. The van der Waals surface area contributed by atoms with Crippen molar-refractivity contribution < 1.29 is 22.0 Å². The Morgan fingerprint density at radius 2 is 1.63 bits per heavy atom. The Bertz CT molecular complexity index is 1350. The van der Waals surface area contributed by atoms with Gasteiger partial charge in [0.2, 0.25) is 15.7 Å². The molecule has 5 nitrogen and oxygen atoms in total. The minimum atomic E-state index is -3.81. The highest BCUT2D eigenvalue weighted by molar-refractivity contribution is 7.91. The van der Waals surface area contributed by atoms with Gasteiger partial charge >= 0.3 is 0 Å². The fourth-order valence-corrected chi connectivity index (χ4v) is 4.72. The van der Waals surface area contributed by atoms with Crippen LogP contribution in [0.5, 0.6) is 0 Å². The number of anilines is 1. The van der Waals surface area contributed by atoms with E-state index in [-0.39, 0.29) is 22.0 Å². The van der Waals surface area contributed by atoms with Crippen LogP contribution in [-0.4, -0.2) is 18.9 Å². The molecule has 0 bridgehead atoms. The average Bonchev–Trinajstić information content (AvgIpc) is 3.10. The summed E-state index contributed by atoms with van der Waals surface area (Å²) in [6.07, 6.45) is 1.40. The molecule has 1 aromatic heterocycles. The van der Waals surface area contributed by atoms with E-state index in [1.165, 1.54) is 22.9 Å². The van der Waals surface area contributed by atoms with Crippen LogP contribution in [0, 0.1) is 11.6 Å². The van der Waals surface area contributed by atoms with E-state index in [1.807, 2.05) is 0 Å². The normalized spacial score (nSPS) is 11.5. The number of amides is 1. The molecule has 1 heterocycles.